The van der Waals surface area contributed by atoms with Gasteiger partial charge in [0.1, 0.15) is 0 Å². The van der Waals surface area contributed by atoms with Crippen LogP contribution in [0.5, 0.6) is 0 Å². The molecule has 25 heavy (non-hydrogen) atoms. The van der Waals surface area contributed by atoms with Crippen LogP contribution in [0.1, 0.15) is 43.4 Å². The van der Waals surface area contributed by atoms with Gasteiger partial charge in [-0.25, -0.2) is 0 Å². The van der Waals surface area contributed by atoms with Crippen LogP contribution in [0.25, 0.3) is 0 Å². The highest BCUT2D eigenvalue weighted by molar-refractivity contribution is 5.20. The van der Waals surface area contributed by atoms with Crippen molar-refractivity contribution in [3.8, 4) is 0 Å². The van der Waals surface area contributed by atoms with E-state index in [0.717, 1.165) is 32.4 Å². The molecule has 3 nitrogen and oxygen atoms in total. The summed E-state index contributed by atoms with van der Waals surface area (Å²) in [7, 11) is 3.40. The van der Waals surface area contributed by atoms with Crippen molar-refractivity contribution >= 4 is 0 Å². The number of ether oxygens (including phenoxy) is 2. The number of benzene rings is 2. The lowest BCUT2D eigenvalue weighted by atomic mass is 10.0. The first-order valence-electron chi connectivity index (χ1n) is 9.13. The van der Waals surface area contributed by atoms with E-state index in [9.17, 15) is 0 Å². The first kappa shape index (κ1) is 19.6. The summed E-state index contributed by atoms with van der Waals surface area (Å²) in [6, 6.07) is 21.9. The second-order valence-corrected chi connectivity index (χ2v) is 6.44. The standard InChI is InChI=1S/C22H31NO2/c1-19(21-14-8-5-9-15-21)23(18-20-12-6-4-7-13-20)17-11-10-16-22(24-2)25-3/h4-9,12-15,19,22H,10-11,16-18H2,1-3H3. The quantitative estimate of drug-likeness (QED) is 0.422. The third kappa shape index (κ3) is 6.62. The van der Waals surface area contributed by atoms with Crippen LogP contribution < -0.4 is 0 Å². The van der Waals surface area contributed by atoms with E-state index >= 15 is 0 Å². The first-order valence-corrected chi connectivity index (χ1v) is 9.13. The number of hydrogen-bond acceptors (Lipinski definition) is 3. The topological polar surface area (TPSA) is 21.7 Å². The molecule has 2 aromatic rings. The molecule has 0 heterocycles. The summed E-state index contributed by atoms with van der Waals surface area (Å²) in [5, 5.41) is 0. The van der Waals surface area contributed by atoms with Crippen LogP contribution >= 0.6 is 0 Å². The summed E-state index contributed by atoms with van der Waals surface area (Å²) in [6.45, 7) is 4.32. The van der Waals surface area contributed by atoms with Crippen LogP contribution in [0, 0.1) is 0 Å². The maximum absolute atomic E-state index is 5.28. The Morgan fingerprint density at radius 1 is 0.840 bits per heavy atom. The second-order valence-electron chi connectivity index (χ2n) is 6.44. The summed E-state index contributed by atoms with van der Waals surface area (Å²) in [5.74, 6) is 0. The zero-order valence-electron chi connectivity index (χ0n) is 15.7. The van der Waals surface area contributed by atoms with Crippen LogP contribution in [0.4, 0.5) is 0 Å². The predicted molar refractivity (Wildman–Crippen MR) is 103 cm³/mol. The molecule has 0 aliphatic rings. The molecule has 0 aliphatic carbocycles. The molecule has 3 heteroatoms. The minimum Gasteiger partial charge on any atom is -0.356 e. The Morgan fingerprint density at radius 2 is 1.44 bits per heavy atom. The van der Waals surface area contributed by atoms with Crippen molar-refractivity contribution in [3.05, 3.63) is 71.8 Å². The molecular formula is C22H31NO2. The average molecular weight is 341 g/mol. The molecule has 2 aromatic carbocycles. The molecule has 0 radical (unpaired) electrons. The Morgan fingerprint density at radius 3 is 2.04 bits per heavy atom. The largest absolute Gasteiger partial charge is 0.356 e. The lowest BCUT2D eigenvalue weighted by molar-refractivity contribution is -0.107. The van der Waals surface area contributed by atoms with E-state index in [-0.39, 0.29) is 6.29 Å². The van der Waals surface area contributed by atoms with Gasteiger partial charge in [0, 0.05) is 26.8 Å². The summed E-state index contributed by atoms with van der Waals surface area (Å²) >= 11 is 0. The molecule has 0 saturated carbocycles. The molecule has 0 bridgehead atoms. The molecule has 1 atom stereocenters. The fourth-order valence-electron chi connectivity index (χ4n) is 3.13. The maximum Gasteiger partial charge on any atom is 0.156 e. The summed E-state index contributed by atoms with van der Waals surface area (Å²) < 4.78 is 10.6. The zero-order valence-corrected chi connectivity index (χ0v) is 15.7. The Labute approximate surface area is 152 Å². The highest BCUT2D eigenvalue weighted by atomic mass is 16.7. The molecule has 0 aromatic heterocycles. The van der Waals surface area contributed by atoms with Crippen molar-refractivity contribution in [1.29, 1.82) is 0 Å². The van der Waals surface area contributed by atoms with Gasteiger partial charge in [-0.1, -0.05) is 60.7 Å². The van der Waals surface area contributed by atoms with Crippen LogP contribution in [0.15, 0.2) is 60.7 Å². The van der Waals surface area contributed by atoms with Crippen LogP contribution in [-0.2, 0) is 16.0 Å². The SMILES string of the molecule is COC(CCCCN(Cc1ccccc1)C(C)c1ccccc1)OC. The maximum atomic E-state index is 5.28. The van der Waals surface area contributed by atoms with Crippen LogP contribution in [-0.4, -0.2) is 32.0 Å². The summed E-state index contributed by atoms with van der Waals surface area (Å²) in [4.78, 5) is 2.55. The fourth-order valence-corrected chi connectivity index (χ4v) is 3.13. The van der Waals surface area contributed by atoms with Crippen molar-refractivity contribution in [2.45, 2.75) is 45.1 Å². The number of methoxy groups -OCH3 is 2. The zero-order chi connectivity index (χ0) is 17.9. The van der Waals surface area contributed by atoms with Crippen molar-refractivity contribution < 1.29 is 9.47 Å². The van der Waals surface area contributed by atoms with Crippen molar-refractivity contribution in [2.75, 3.05) is 20.8 Å². The molecule has 0 aliphatic heterocycles. The monoisotopic (exact) mass is 341 g/mol. The molecular weight excluding hydrogens is 310 g/mol. The highest BCUT2D eigenvalue weighted by Gasteiger charge is 2.16. The highest BCUT2D eigenvalue weighted by Crippen LogP contribution is 2.23. The van der Waals surface area contributed by atoms with Crippen molar-refractivity contribution in [1.82, 2.24) is 4.90 Å². The van der Waals surface area contributed by atoms with Crippen molar-refractivity contribution in [3.63, 3.8) is 0 Å². The van der Waals surface area contributed by atoms with Crippen LogP contribution in [0.2, 0.25) is 0 Å². The van der Waals surface area contributed by atoms with Gasteiger partial charge in [-0.05, 0) is 43.9 Å². The van der Waals surface area contributed by atoms with E-state index in [1.165, 1.54) is 11.1 Å². The molecule has 2 rings (SSSR count). The van der Waals surface area contributed by atoms with Gasteiger partial charge in [-0.3, -0.25) is 4.90 Å². The minimum atomic E-state index is -0.0888. The Kier molecular flexibility index (Phi) is 8.67. The van der Waals surface area contributed by atoms with E-state index in [4.69, 9.17) is 9.47 Å². The lowest BCUT2D eigenvalue weighted by Crippen LogP contribution is -2.28. The Balaban J connectivity index is 1.97. The molecule has 0 amide bonds. The lowest BCUT2D eigenvalue weighted by Gasteiger charge is -2.30. The molecule has 0 N–H and O–H groups in total. The van der Waals surface area contributed by atoms with Gasteiger partial charge in [0.2, 0.25) is 0 Å². The number of hydrogen-bond donors (Lipinski definition) is 0. The molecule has 0 fully saturated rings. The Hall–Kier alpha value is -1.68. The van der Waals surface area contributed by atoms with Gasteiger partial charge >= 0.3 is 0 Å². The summed E-state index contributed by atoms with van der Waals surface area (Å²) in [6.07, 6.45) is 3.08. The van der Waals surface area contributed by atoms with E-state index < -0.39 is 0 Å². The average Bonchev–Trinajstić information content (AvgIpc) is 2.68. The number of rotatable bonds is 11. The van der Waals surface area contributed by atoms with E-state index in [1.807, 2.05) is 0 Å². The third-order valence-corrected chi connectivity index (χ3v) is 4.72. The van der Waals surface area contributed by atoms with Gasteiger partial charge in [0.15, 0.2) is 6.29 Å². The van der Waals surface area contributed by atoms with E-state index in [0.29, 0.717) is 6.04 Å². The minimum absolute atomic E-state index is 0.0888. The first-order chi connectivity index (χ1) is 12.2. The molecule has 0 spiro atoms. The van der Waals surface area contributed by atoms with Gasteiger partial charge < -0.3 is 9.47 Å². The van der Waals surface area contributed by atoms with Crippen molar-refractivity contribution in [2.24, 2.45) is 0 Å². The predicted octanol–water partition coefficient (Wildman–Crippen LogP) is 5.04. The second kappa shape index (κ2) is 11.0. The fraction of sp³-hybridized carbons (Fsp3) is 0.455. The van der Waals surface area contributed by atoms with Gasteiger partial charge in [0.05, 0.1) is 0 Å². The summed E-state index contributed by atoms with van der Waals surface area (Å²) in [5.41, 5.74) is 2.72. The van der Waals surface area contributed by atoms with Gasteiger partial charge in [0.25, 0.3) is 0 Å². The number of nitrogens with zero attached hydrogens (tertiary/aromatic N) is 1. The van der Waals surface area contributed by atoms with E-state index in [1.54, 1.807) is 14.2 Å². The van der Waals surface area contributed by atoms with E-state index in [2.05, 4.69) is 72.5 Å². The molecule has 0 saturated heterocycles. The molecule has 1 unspecified atom stereocenters. The smallest absolute Gasteiger partial charge is 0.156 e. The van der Waals surface area contributed by atoms with Gasteiger partial charge in [-0.2, -0.15) is 0 Å². The third-order valence-electron chi connectivity index (χ3n) is 4.72. The Bertz CT molecular complexity index is 569. The normalized spacial score (nSPS) is 12.7. The molecule has 136 valence electrons. The van der Waals surface area contributed by atoms with Gasteiger partial charge in [-0.15, -0.1) is 0 Å². The van der Waals surface area contributed by atoms with Crippen LogP contribution in [0.3, 0.4) is 0 Å². The number of unbranched alkanes of at least 4 members (excludes halogenated alkanes) is 1.